The highest BCUT2D eigenvalue weighted by Gasteiger charge is 2.13. The third-order valence-electron chi connectivity index (χ3n) is 3.53. The van der Waals surface area contributed by atoms with Gasteiger partial charge in [0.05, 0.1) is 18.9 Å². The van der Waals surface area contributed by atoms with Crippen LogP contribution in [-0.4, -0.2) is 24.3 Å². The fraction of sp³-hybridized carbons (Fsp3) is 0.0500. The summed E-state index contributed by atoms with van der Waals surface area (Å²) >= 11 is 0. The summed E-state index contributed by atoms with van der Waals surface area (Å²) in [4.78, 5) is 16.3. The summed E-state index contributed by atoms with van der Waals surface area (Å²) in [7, 11) is 1.47. The van der Waals surface area contributed by atoms with Crippen LogP contribution < -0.4 is 14.9 Å². The molecule has 0 saturated carbocycles. The molecule has 0 aliphatic rings. The average Bonchev–Trinajstić information content (AvgIpc) is 2.70. The number of carbonyl (C=O) groups excluding carboxylic acids is 1. The van der Waals surface area contributed by atoms with Gasteiger partial charge in [-0.2, -0.15) is 5.10 Å². The van der Waals surface area contributed by atoms with E-state index in [-0.39, 0.29) is 11.3 Å². The van der Waals surface area contributed by atoms with Crippen LogP contribution in [0.15, 0.2) is 72.0 Å². The number of esters is 1. The number of pyridine rings is 1. The molecule has 7 heteroatoms. The van der Waals surface area contributed by atoms with Crippen LogP contribution in [0.3, 0.4) is 0 Å². The second-order valence-electron chi connectivity index (χ2n) is 5.39. The van der Waals surface area contributed by atoms with Gasteiger partial charge in [-0.05, 0) is 60.2 Å². The Labute approximate surface area is 155 Å². The van der Waals surface area contributed by atoms with Crippen molar-refractivity contribution in [2.24, 2.45) is 5.10 Å². The number of halogens is 1. The minimum absolute atomic E-state index is 0.239. The fourth-order valence-corrected chi connectivity index (χ4v) is 2.20. The molecule has 0 fully saturated rings. The number of ether oxygens (including phenoxy) is 2. The van der Waals surface area contributed by atoms with Crippen molar-refractivity contribution in [2.45, 2.75) is 0 Å². The number of nitrogens with one attached hydrogen (secondary N) is 1. The van der Waals surface area contributed by atoms with Crippen LogP contribution in [-0.2, 0) is 0 Å². The summed E-state index contributed by atoms with van der Waals surface area (Å²) in [6.45, 7) is 0. The first-order valence-electron chi connectivity index (χ1n) is 8.01. The summed E-state index contributed by atoms with van der Waals surface area (Å²) in [6, 6.07) is 15.5. The Morgan fingerprint density at radius 3 is 2.63 bits per heavy atom. The molecule has 0 aliphatic carbocycles. The monoisotopic (exact) mass is 365 g/mol. The number of methoxy groups -OCH3 is 1. The van der Waals surface area contributed by atoms with Crippen molar-refractivity contribution < 1.29 is 18.7 Å². The quantitative estimate of drug-likeness (QED) is 0.310. The van der Waals surface area contributed by atoms with Crippen molar-refractivity contribution in [3.63, 3.8) is 0 Å². The van der Waals surface area contributed by atoms with Crippen LogP contribution in [0.1, 0.15) is 15.9 Å². The predicted octanol–water partition coefficient (Wildman–Crippen LogP) is 3.89. The molecule has 0 amide bonds. The van der Waals surface area contributed by atoms with Crippen molar-refractivity contribution in [2.75, 3.05) is 12.5 Å². The Morgan fingerprint density at radius 2 is 1.93 bits per heavy atom. The van der Waals surface area contributed by atoms with E-state index in [4.69, 9.17) is 9.47 Å². The van der Waals surface area contributed by atoms with E-state index >= 15 is 0 Å². The lowest BCUT2D eigenvalue weighted by molar-refractivity contribution is 0.0729. The first-order chi connectivity index (χ1) is 13.2. The molecule has 0 bridgehead atoms. The lowest BCUT2D eigenvalue weighted by Crippen LogP contribution is -2.09. The Balaban J connectivity index is 1.70. The molecule has 0 aliphatic heterocycles. The van der Waals surface area contributed by atoms with E-state index in [1.54, 1.807) is 36.7 Å². The van der Waals surface area contributed by atoms with Gasteiger partial charge in [0.25, 0.3) is 0 Å². The zero-order valence-corrected chi connectivity index (χ0v) is 14.4. The molecule has 0 saturated heterocycles. The van der Waals surface area contributed by atoms with Gasteiger partial charge < -0.3 is 9.47 Å². The van der Waals surface area contributed by atoms with E-state index in [9.17, 15) is 9.18 Å². The minimum Gasteiger partial charge on any atom is -0.493 e. The summed E-state index contributed by atoms with van der Waals surface area (Å²) in [6.07, 6.45) is 3.24. The third kappa shape index (κ3) is 4.88. The standard InChI is InChI=1S/C20H16FN3O3/c1-26-18-12-14(13-23-24-19-4-2-3-11-22-19)5-10-17(18)27-20(25)15-6-8-16(21)9-7-15/h2-13H,1H3,(H,22,24). The third-order valence-corrected chi connectivity index (χ3v) is 3.53. The summed E-state index contributed by atoms with van der Waals surface area (Å²) in [5, 5.41) is 4.10. The Morgan fingerprint density at radius 1 is 1.11 bits per heavy atom. The number of nitrogens with zero attached hydrogens (tertiary/aromatic N) is 2. The zero-order valence-electron chi connectivity index (χ0n) is 14.4. The Bertz CT molecular complexity index is 944. The molecule has 1 aromatic heterocycles. The molecule has 0 radical (unpaired) electrons. The van der Waals surface area contributed by atoms with Crippen LogP contribution in [0.25, 0.3) is 0 Å². The zero-order chi connectivity index (χ0) is 19.1. The summed E-state index contributed by atoms with van der Waals surface area (Å²) in [5.74, 6) is 0.207. The maximum atomic E-state index is 13.0. The molecule has 27 heavy (non-hydrogen) atoms. The first kappa shape index (κ1) is 18.1. The maximum absolute atomic E-state index is 13.0. The minimum atomic E-state index is -0.605. The van der Waals surface area contributed by atoms with Gasteiger partial charge in [0.2, 0.25) is 0 Å². The number of rotatable bonds is 6. The molecule has 2 aromatic carbocycles. The van der Waals surface area contributed by atoms with Gasteiger partial charge in [-0.25, -0.2) is 14.2 Å². The average molecular weight is 365 g/mol. The van der Waals surface area contributed by atoms with E-state index in [2.05, 4.69) is 15.5 Å². The van der Waals surface area contributed by atoms with E-state index in [0.29, 0.717) is 11.6 Å². The second kappa shape index (κ2) is 8.57. The number of anilines is 1. The van der Waals surface area contributed by atoms with Gasteiger partial charge >= 0.3 is 5.97 Å². The molecule has 0 unspecified atom stereocenters. The molecular weight excluding hydrogens is 349 g/mol. The van der Waals surface area contributed by atoms with Gasteiger partial charge in [0, 0.05) is 6.20 Å². The maximum Gasteiger partial charge on any atom is 0.343 e. The lowest BCUT2D eigenvalue weighted by atomic mass is 10.2. The predicted molar refractivity (Wildman–Crippen MR) is 99.8 cm³/mol. The van der Waals surface area contributed by atoms with E-state index < -0.39 is 11.8 Å². The number of hydrazone groups is 1. The fourth-order valence-electron chi connectivity index (χ4n) is 2.20. The van der Waals surface area contributed by atoms with E-state index in [1.165, 1.54) is 31.4 Å². The van der Waals surface area contributed by atoms with Gasteiger partial charge in [0.1, 0.15) is 11.6 Å². The molecule has 1 heterocycles. The normalized spacial score (nSPS) is 10.6. The first-order valence-corrected chi connectivity index (χ1v) is 8.01. The van der Waals surface area contributed by atoms with Crippen LogP contribution in [0.4, 0.5) is 10.2 Å². The van der Waals surface area contributed by atoms with Gasteiger partial charge in [-0.3, -0.25) is 5.43 Å². The highest BCUT2D eigenvalue weighted by atomic mass is 19.1. The molecular formula is C20H16FN3O3. The number of aromatic nitrogens is 1. The van der Waals surface area contributed by atoms with Crippen molar-refractivity contribution in [1.29, 1.82) is 0 Å². The van der Waals surface area contributed by atoms with Crippen LogP contribution in [0.2, 0.25) is 0 Å². The Kier molecular flexibility index (Phi) is 5.73. The number of hydrogen-bond acceptors (Lipinski definition) is 6. The number of hydrogen-bond donors (Lipinski definition) is 1. The molecule has 1 N–H and O–H groups in total. The molecule has 6 nitrogen and oxygen atoms in total. The van der Waals surface area contributed by atoms with Gasteiger partial charge in [0.15, 0.2) is 11.5 Å². The van der Waals surface area contributed by atoms with E-state index in [0.717, 1.165) is 5.56 Å². The van der Waals surface area contributed by atoms with E-state index in [1.807, 2.05) is 12.1 Å². The molecule has 0 spiro atoms. The summed E-state index contributed by atoms with van der Waals surface area (Å²) < 4.78 is 23.6. The van der Waals surface area contributed by atoms with Gasteiger partial charge in [-0.1, -0.05) is 6.07 Å². The van der Waals surface area contributed by atoms with Crippen LogP contribution in [0, 0.1) is 5.82 Å². The molecule has 0 atom stereocenters. The van der Waals surface area contributed by atoms with Crippen molar-refractivity contribution in [1.82, 2.24) is 4.98 Å². The topological polar surface area (TPSA) is 72.8 Å². The molecule has 3 aromatic rings. The number of benzene rings is 2. The molecule has 136 valence electrons. The smallest absolute Gasteiger partial charge is 0.343 e. The Hall–Kier alpha value is -3.74. The van der Waals surface area contributed by atoms with Crippen molar-refractivity contribution in [3.05, 3.63) is 83.8 Å². The van der Waals surface area contributed by atoms with Crippen molar-refractivity contribution in [3.8, 4) is 11.5 Å². The highest BCUT2D eigenvalue weighted by Crippen LogP contribution is 2.28. The second-order valence-corrected chi connectivity index (χ2v) is 5.39. The van der Waals surface area contributed by atoms with Crippen LogP contribution >= 0.6 is 0 Å². The highest BCUT2D eigenvalue weighted by molar-refractivity contribution is 5.91. The van der Waals surface area contributed by atoms with Crippen LogP contribution in [0.5, 0.6) is 11.5 Å². The SMILES string of the molecule is COc1cc(C=NNc2ccccn2)ccc1OC(=O)c1ccc(F)cc1. The van der Waals surface area contributed by atoms with Gasteiger partial charge in [-0.15, -0.1) is 0 Å². The number of carbonyl (C=O) groups is 1. The lowest BCUT2D eigenvalue weighted by Gasteiger charge is -2.10. The molecule has 3 rings (SSSR count). The van der Waals surface area contributed by atoms with Crippen molar-refractivity contribution >= 4 is 18.0 Å². The summed E-state index contributed by atoms with van der Waals surface area (Å²) in [5.41, 5.74) is 3.78. The largest absolute Gasteiger partial charge is 0.493 e.